The van der Waals surface area contributed by atoms with E-state index >= 15 is 0 Å². The van der Waals surface area contributed by atoms with Crippen LogP contribution in [0.5, 0.6) is 0 Å². The summed E-state index contributed by atoms with van der Waals surface area (Å²) in [5.74, 6) is 0.0227. The summed E-state index contributed by atoms with van der Waals surface area (Å²) >= 11 is 3.45. The topological polar surface area (TPSA) is 46.3 Å². The second-order valence-corrected chi connectivity index (χ2v) is 7.44. The Kier molecular flexibility index (Phi) is 6.21. The molecule has 0 radical (unpaired) electrons. The Morgan fingerprint density at radius 2 is 2.05 bits per heavy atom. The molecule has 2 N–H and O–H groups in total. The molecule has 1 atom stereocenters. The van der Waals surface area contributed by atoms with E-state index in [1.165, 1.54) is 0 Å². The van der Waals surface area contributed by atoms with E-state index in [1.54, 1.807) is 4.90 Å². The number of carbonyl (C=O) groups excluding carboxylic acids is 1. The van der Waals surface area contributed by atoms with Gasteiger partial charge < -0.3 is 10.6 Å². The van der Waals surface area contributed by atoms with Gasteiger partial charge >= 0.3 is 0 Å². The zero-order valence-electron chi connectivity index (χ0n) is 12.8. The molecule has 0 heterocycles. The van der Waals surface area contributed by atoms with Crippen LogP contribution in [0, 0.1) is 11.3 Å². The molecule has 0 bridgehead atoms. The van der Waals surface area contributed by atoms with Crippen LogP contribution in [0.15, 0.2) is 28.7 Å². The highest BCUT2D eigenvalue weighted by Crippen LogP contribution is 2.25. The molecule has 0 aliphatic carbocycles. The monoisotopic (exact) mass is 340 g/mol. The van der Waals surface area contributed by atoms with E-state index in [0.29, 0.717) is 13.1 Å². The molecule has 0 saturated carbocycles. The minimum atomic E-state index is -0.104. The van der Waals surface area contributed by atoms with E-state index in [-0.39, 0.29) is 17.2 Å². The summed E-state index contributed by atoms with van der Waals surface area (Å²) in [5, 5.41) is 0. The first-order valence-corrected chi connectivity index (χ1v) is 7.72. The molecule has 1 aromatic carbocycles. The van der Waals surface area contributed by atoms with Crippen LogP contribution in [0.4, 0.5) is 0 Å². The minimum Gasteiger partial charge on any atom is -0.341 e. The predicted octanol–water partition coefficient (Wildman–Crippen LogP) is 3.42. The number of rotatable bonds is 5. The lowest BCUT2D eigenvalue weighted by atomic mass is 9.84. The molecule has 112 valence electrons. The van der Waals surface area contributed by atoms with Crippen molar-refractivity contribution in [1.29, 1.82) is 0 Å². The summed E-state index contributed by atoms with van der Waals surface area (Å²) in [7, 11) is 1.84. The van der Waals surface area contributed by atoms with Gasteiger partial charge in [-0.3, -0.25) is 4.79 Å². The van der Waals surface area contributed by atoms with Crippen molar-refractivity contribution in [2.24, 2.45) is 17.1 Å². The van der Waals surface area contributed by atoms with Crippen molar-refractivity contribution in [3.05, 3.63) is 34.3 Å². The van der Waals surface area contributed by atoms with E-state index in [9.17, 15) is 4.79 Å². The third-order valence-corrected chi connectivity index (χ3v) is 3.67. The highest BCUT2D eigenvalue weighted by atomic mass is 79.9. The summed E-state index contributed by atoms with van der Waals surface area (Å²) in [4.78, 5) is 14.2. The first-order valence-electron chi connectivity index (χ1n) is 6.92. The smallest absolute Gasteiger partial charge is 0.227 e. The van der Waals surface area contributed by atoms with Crippen LogP contribution in [0.1, 0.15) is 32.8 Å². The highest BCUT2D eigenvalue weighted by molar-refractivity contribution is 9.10. The molecular formula is C16H25BrN2O. The minimum absolute atomic E-state index is 0.104. The second-order valence-electron chi connectivity index (χ2n) is 6.52. The SMILES string of the molecule is CN(Cc1cccc(Br)c1)C(=O)C(CN)CC(C)(C)C. The summed E-state index contributed by atoms with van der Waals surface area (Å²) in [6.07, 6.45) is 0.811. The van der Waals surface area contributed by atoms with E-state index in [1.807, 2.05) is 31.3 Å². The van der Waals surface area contributed by atoms with Crippen molar-refractivity contribution in [3.8, 4) is 0 Å². The number of nitrogens with two attached hydrogens (primary N) is 1. The van der Waals surface area contributed by atoms with E-state index in [2.05, 4.69) is 36.7 Å². The van der Waals surface area contributed by atoms with Crippen LogP contribution in [0.25, 0.3) is 0 Å². The van der Waals surface area contributed by atoms with Crippen molar-refractivity contribution < 1.29 is 4.79 Å². The average molecular weight is 341 g/mol. The quantitative estimate of drug-likeness (QED) is 0.892. The maximum atomic E-state index is 12.5. The van der Waals surface area contributed by atoms with Gasteiger partial charge in [0.1, 0.15) is 0 Å². The van der Waals surface area contributed by atoms with Gasteiger partial charge in [0.25, 0.3) is 0 Å². The Labute approximate surface area is 130 Å². The number of amides is 1. The fourth-order valence-electron chi connectivity index (χ4n) is 2.31. The Hall–Kier alpha value is -0.870. The molecule has 0 aromatic heterocycles. The van der Waals surface area contributed by atoms with Gasteiger partial charge in [-0.15, -0.1) is 0 Å². The number of halogens is 1. The fraction of sp³-hybridized carbons (Fsp3) is 0.562. The Morgan fingerprint density at radius 1 is 1.40 bits per heavy atom. The fourth-order valence-corrected chi connectivity index (χ4v) is 2.76. The third-order valence-electron chi connectivity index (χ3n) is 3.18. The number of hydrogen-bond donors (Lipinski definition) is 1. The summed E-state index contributed by atoms with van der Waals surface area (Å²) < 4.78 is 1.03. The number of carbonyl (C=O) groups is 1. The van der Waals surface area contributed by atoms with Crippen molar-refractivity contribution >= 4 is 21.8 Å². The molecule has 4 heteroatoms. The molecule has 0 aliphatic heterocycles. The largest absolute Gasteiger partial charge is 0.341 e. The summed E-state index contributed by atoms with van der Waals surface area (Å²) in [6, 6.07) is 8.02. The zero-order valence-corrected chi connectivity index (χ0v) is 14.4. The molecule has 1 unspecified atom stereocenters. The van der Waals surface area contributed by atoms with Gasteiger partial charge in [0, 0.05) is 24.6 Å². The van der Waals surface area contributed by atoms with Crippen LogP contribution >= 0.6 is 15.9 Å². The Bertz CT molecular complexity index is 454. The molecule has 0 saturated heterocycles. The van der Waals surface area contributed by atoms with E-state index in [0.717, 1.165) is 16.5 Å². The standard InChI is InChI=1S/C16H25BrN2O/c1-16(2,3)9-13(10-18)15(20)19(4)11-12-6-5-7-14(17)8-12/h5-8,13H,9-11,18H2,1-4H3. The molecule has 1 rings (SSSR count). The lowest BCUT2D eigenvalue weighted by Gasteiger charge is -2.28. The lowest BCUT2D eigenvalue weighted by Crippen LogP contribution is -2.38. The molecule has 1 aromatic rings. The van der Waals surface area contributed by atoms with Crippen molar-refractivity contribution in [3.63, 3.8) is 0 Å². The second kappa shape index (κ2) is 7.23. The summed E-state index contributed by atoms with van der Waals surface area (Å²) in [5.41, 5.74) is 7.00. The van der Waals surface area contributed by atoms with Gasteiger partial charge in [-0.1, -0.05) is 48.8 Å². The van der Waals surface area contributed by atoms with Crippen LogP contribution in [-0.2, 0) is 11.3 Å². The van der Waals surface area contributed by atoms with Crippen molar-refractivity contribution in [2.45, 2.75) is 33.7 Å². The molecule has 20 heavy (non-hydrogen) atoms. The first kappa shape index (κ1) is 17.2. The van der Waals surface area contributed by atoms with Crippen LogP contribution in [-0.4, -0.2) is 24.4 Å². The van der Waals surface area contributed by atoms with Gasteiger partial charge in [-0.25, -0.2) is 0 Å². The van der Waals surface area contributed by atoms with Gasteiger partial charge in [0.15, 0.2) is 0 Å². The van der Waals surface area contributed by atoms with Gasteiger partial charge in [-0.2, -0.15) is 0 Å². The number of nitrogens with zero attached hydrogens (tertiary/aromatic N) is 1. The Morgan fingerprint density at radius 3 is 2.55 bits per heavy atom. The zero-order chi connectivity index (χ0) is 15.3. The van der Waals surface area contributed by atoms with Crippen LogP contribution < -0.4 is 5.73 Å². The maximum Gasteiger partial charge on any atom is 0.227 e. The molecule has 3 nitrogen and oxygen atoms in total. The molecule has 1 amide bonds. The number of benzene rings is 1. The van der Waals surface area contributed by atoms with Crippen molar-refractivity contribution in [2.75, 3.05) is 13.6 Å². The molecule has 0 fully saturated rings. The average Bonchev–Trinajstić information content (AvgIpc) is 2.34. The third kappa shape index (κ3) is 5.63. The van der Waals surface area contributed by atoms with Gasteiger partial charge in [-0.05, 0) is 29.5 Å². The van der Waals surface area contributed by atoms with Crippen LogP contribution in [0.2, 0.25) is 0 Å². The van der Waals surface area contributed by atoms with E-state index < -0.39 is 0 Å². The van der Waals surface area contributed by atoms with E-state index in [4.69, 9.17) is 5.73 Å². The van der Waals surface area contributed by atoms with Crippen molar-refractivity contribution in [1.82, 2.24) is 4.90 Å². The predicted molar refractivity (Wildman–Crippen MR) is 87.2 cm³/mol. The van der Waals surface area contributed by atoms with Crippen LogP contribution in [0.3, 0.4) is 0 Å². The summed E-state index contributed by atoms with van der Waals surface area (Å²) in [6.45, 7) is 7.42. The van der Waals surface area contributed by atoms with Gasteiger partial charge in [0.05, 0.1) is 5.92 Å². The van der Waals surface area contributed by atoms with Gasteiger partial charge in [0.2, 0.25) is 5.91 Å². The first-order chi connectivity index (χ1) is 9.23. The highest BCUT2D eigenvalue weighted by Gasteiger charge is 2.26. The lowest BCUT2D eigenvalue weighted by molar-refractivity contribution is -0.135. The molecule has 0 aliphatic rings. The maximum absolute atomic E-state index is 12.5. The number of hydrogen-bond acceptors (Lipinski definition) is 2. The molecule has 0 spiro atoms. The Balaban J connectivity index is 2.70. The molecular weight excluding hydrogens is 316 g/mol. The normalized spacial score (nSPS) is 13.1.